The average Bonchev–Trinajstić information content (AvgIpc) is 2.97. The van der Waals surface area contributed by atoms with Gasteiger partial charge in [0.15, 0.2) is 0 Å². The quantitative estimate of drug-likeness (QED) is 0.803. The Labute approximate surface area is 118 Å². The second kappa shape index (κ2) is 5.34. The number of hydrogen-bond acceptors (Lipinski definition) is 5. The maximum absolute atomic E-state index is 5.35. The molecule has 20 heavy (non-hydrogen) atoms. The normalized spacial score (nSPS) is 19.2. The monoisotopic (exact) mass is 276 g/mol. The SMILES string of the molecule is COC[C@H]1CN(Cc2cnn(C)c2)Cc2nnn(C)c21. The van der Waals surface area contributed by atoms with Gasteiger partial charge in [-0.1, -0.05) is 5.21 Å². The van der Waals surface area contributed by atoms with Crippen LogP contribution in [0.1, 0.15) is 22.9 Å². The van der Waals surface area contributed by atoms with Crippen LogP contribution in [0.25, 0.3) is 0 Å². The highest BCUT2D eigenvalue weighted by Crippen LogP contribution is 2.27. The number of methoxy groups -OCH3 is 1. The van der Waals surface area contributed by atoms with E-state index in [1.807, 2.05) is 29.7 Å². The van der Waals surface area contributed by atoms with Crippen LogP contribution in [0, 0.1) is 0 Å². The summed E-state index contributed by atoms with van der Waals surface area (Å²) in [6.45, 7) is 3.36. The highest BCUT2D eigenvalue weighted by Gasteiger charge is 2.29. The molecular weight excluding hydrogens is 256 g/mol. The molecule has 1 aliphatic heterocycles. The van der Waals surface area contributed by atoms with Gasteiger partial charge in [-0.3, -0.25) is 14.3 Å². The molecule has 0 spiro atoms. The molecule has 1 atom stereocenters. The smallest absolute Gasteiger partial charge is 0.100 e. The van der Waals surface area contributed by atoms with Gasteiger partial charge in [0.1, 0.15) is 5.69 Å². The third-order valence-electron chi connectivity index (χ3n) is 3.71. The van der Waals surface area contributed by atoms with Crippen molar-refractivity contribution < 1.29 is 4.74 Å². The lowest BCUT2D eigenvalue weighted by Crippen LogP contribution is -2.35. The lowest BCUT2D eigenvalue weighted by Gasteiger charge is -2.31. The minimum atomic E-state index is 0.320. The van der Waals surface area contributed by atoms with Gasteiger partial charge in [-0.15, -0.1) is 5.10 Å². The molecule has 2 aromatic heterocycles. The fourth-order valence-electron chi connectivity index (χ4n) is 2.96. The molecule has 3 heterocycles. The Kier molecular flexibility index (Phi) is 3.54. The van der Waals surface area contributed by atoms with Crippen LogP contribution in [0.3, 0.4) is 0 Å². The molecule has 0 saturated carbocycles. The van der Waals surface area contributed by atoms with E-state index in [1.165, 1.54) is 11.3 Å². The van der Waals surface area contributed by atoms with Gasteiger partial charge in [0.25, 0.3) is 0 Å². The molecule has 0 fully saturated rings. The molecule has 0 aliphatic carbocycles. The summed E-state index contributed by atoms with van der Waals surface area (Å²) in [5.74, 6) is 0.320. The predicted octanol–water partition coefficient (Wildman–Crippen LogP) is 0.294. The van der Waals surface area contributed by atoms with Crippen molar-refractivity contribution in [1.29, 1.82) is 0 Å². The molecule has 0 aromatic carbocycles. The lowest BCUT2D eigenvalue weighted by atomic mass is 9.98. The van der Waals surface area contributed by atoms with Crippen molar-refractivity contribution in [3.63, 3.8) is 0 Å². The first-order valence-electron chi connectivity index (χ1n) is 6.74. The Morgan fingerprint density at radius 3 is 2.95 bits per heavy atom. The summed E-state index contributed by atoms with van der Waals surface area (Å²) in [6.07, 6.45) is 3.97. The topological polar surface area (TPSA) is 61.0 Å². The first-order chi connectivity index (χ1) is 9.67. The summed E-state index contributed by atoms with van der Waals surface area (Å²) in [6, 6.07) is 0. The Balaban J connectivity index is 1.79. The van der Waals surface area contributed by atoms with Crippen LogP contribution in [0.15, 0.2) is 12.4 Å². The molecule has 0 saturated heterocycles. The summed E-state index contributed by atoms with van der Waals surface area (Å²) in [5.41, 5.74) is 3.48. The molecule has 7 heteroatoms. The van der Waals surface area contributed by atoms with E-state index in [0.717, 1.165) is 25.3 Å². The maximum atomic E-state index is 5.35. The van der Waals surface area contributed by atoms with Crippen LogP contribution in [0.4, 0.5) is 0 Å². The highest BCUT2D eigenvalue weighted by atomic mass is 16.5. The van der Waals surface area contributed by atoms with E-state index in [2.05, 4.69) is 26.5 Å². The van der Waals surface area contributed by atoms with Gasteiger partial charge in [0.05, 0.1) is 18.5 Å². The fourth-order valence-corrected chi connectivity index (χ4v) is 2.96. The molecule has 0 N–H and O–H groups in total. The highest BCUT2D eigenvalue weighted by molar-refractivity contribution is 5.20. The first kappa shape index (κ1) is 13.3. The van der Waals surface area contributed by atoms with Gasteiger partial charge in [0.2, 0.25) is 0 Å². The molecule has 0 radical (unpaired) electrons. The number of rotatable bonds is 4. The van der Waals surface area contributed by atoms with E-state index in [-0.39, 0.29) is 0 Å². The summed E-state index contributed by atoms with van der Waals surface area (Å²) < 4.78 is 9.06. The van der Waals surface area contributed by atoms with Crippen molar-refractivity contribution in [1.82, 2.24) is 29.7 Å². The van der Waals surface area contributed by atoms with Crippen LogP contribution in [0.5, 0.6) is 0 Å². The summed E-state index contributed by atoms with van der Waals surface area (Å²) in [5, 5.41) is 12.6. The van der Waals surface area contributed by atoms with E-state index in [1.54, 1.807) is 7.11 Å². The Morgan fingerprint density at radius 1 is 1.40 bits per heavy atom. The van der Waals surface area contributed by atoms with Gasteiger partial charge in [-0.25, -0.2) is 0 Å². The molecule has 108 valence electrons. The van der Waals surface area contributed by atoms with Crippen molar-refractivity contribution in [3.05, 3.63) is 29.3 Å². The maximum Gasteiger partial charge on any atom is 0.100 e. The van der Waals surface area contributed by atoms with Gasteiger partial charge in [0, 0.05) is 58.5 Å². The van der Waals surface area contributed by atoms with E-state index in [4.69, 9.17) is 4.74 Å². The predicted molar refractivity (Wildman–Crippen MR) is 72.9 cm³/mol. The third kappa shape index (κ3) is 2.46. The van der Waals surface area contributed by atoms with E-state index >= 15 is 0 Å². The van der Waals surface area contributed by atoms with E-state index < -0.39 is 0 Å². The molecule has 2 aromatic rings. The van der Waals surface area contributed by atoms with Crippen molar-refractivity contribution in [2.75, 3.05) is 20.3 Å². The third-order valence-corrected chi connectivity index (χ3v) is 3.71. The second-order valence-corrected chi connectivity index (χ2v) is 5.39. The Morgan fingerprint density at radius 2 is 2.25 bits per heavy atom. The molecule has 0 amide bonds. The molecule has 0 unspecified atom stereocenters. The Bertz CT molecular complexity index is 589. The van der Waals surface area contributed by atoms with Crippen molar-refractivity contribution >= 4 is 0 Å². The zero-order chi connectivity index (χ0) is 14.1. The average molecular weight is 276 g/mol. The van der Waals surface area contributed by atoms with Crippen LogP contribution in [-0.2, 0) is 31.9 Å². The van der Waals surface area contributed by atoms with Gasteiger partial charge in [-0.2, -0.15) is 5.10 Å². The zero-order valence-electron chi connectivity index (χ0n) is 12.2. The summed E-state index contributed by atoms with van der Waals surface area (Å²) in [4.78, 5) is 2.37. The van der Waals surface area contributed by atoms with Gasteiger partial charge in [-0.05, 0) is 0 Å². The molecule has 3 rings (SSSR count). The number of ether oxygens (including phenoxy) is 1. The minimum Gasteiger partial charge on any atom is -0.384 e. The Hall–Kier alpha value is -1.73. The summed E-state index contributed by atoms with van der Waals surface area (Å²) >= 11 is 0. The number of aryl methyl sites for hydroxylation is 2. The van der Waals surface area contributed by atoms with Crippen LogP contribution in [-0.4, -0.2) is 49.9 Å². The number of fused-ring (bicyclic) bond motifs is 1. The molecule has 1 aliphatic rings. The molecular formula is C13H20N6O. The van der Waals surface area contributed by atoms with E-state index in [9.17, 15) is 0 Å². The number of nitrogens with zero attached hydrogens (tertiary/aromatic N) is 6. The molecule has 7 nitrogen and oxygen atoms in total. The van der Waals surface area contributed by atoms with Crippen LogP contribution in [0.2, 0.25) is 0 Å². The van der Waals surface area contributed by atoms with Crippen LogP contribution >= 0.6 is 0 Å². The van der Waals surface area contributed by atoms with Crippen molar-refractivity contribution in [2.45, 2.75) is 19.0 Å². The lowest BCUT2D eigenvalue weighted by molar-refractivity contribution is 0.132. The minimum absolute atomic E-state index is 0.320. The van der Waals surface area contributed by atoms with Crippen molar-refractivity contribution in [2.24, 2.45) is 14.1 Å². The number of aromatic nitrogens is 5. The van der Waals surface area contributed by atoms with Gasteiger partial charge < -0.3 is 4.74 Å². The fraction of sp³-hybridized carbons (Fsp3) is 0.615. The molecule has 0 bridgehead atoms. The standard InChI is InChI=1S/C13H20N6O/c1-17-5-10(4-14-17)6-19-7-11(9-20-3)13-12(8-19)15-16-18(13)2/h4-5,11H,6-9H2,1-3H3/t11-/m1/s1. The van der Waals surface area contributed by atoms with E-state index in [0.29, 0.717) is 12.5 Å². The zero-order valence-corrected chi connectivity index (χ0v) is 12.2. The van der Waals surface area contributed by atoms with Crippen molar-refractivity contribution in [3.8, 4) is 0 Å². The largest absolute Gasteiger partial charge is 0.384 e. The summed E-state index contributed by atoms with van der Waals surface area (Å²) in [7, 11) is 5.63. The first-order valence-corrected chi connectivity index (χ1v) is 6.74. The van der Waals surface area contributed by atoms with Crippen LogP contribution < -0.4 is 0 Å². The second-order valence-electron chi connectivity index (χ2n) is 5.39. The number of hydrogen-bond donors (Lipinski definition) is 0. The van der Waals surface area contributed by atoms with Gasteiger partial charge >= 0.3 is 0 Å².